The van der Waals surface area contributed by atoms with Crippen LogP contribution in [-0.4, -0.2) is 74.2 Å². The summed E-state index contributed by atoms with van der Waals surface area (Å²) >= 11 is 0. The van der Waals surface area contributed by atoms with E-state index < -0.39 is 0 Å². The van der Waals surface area contributed by atoms with Gasteiger partial charge in [0.2, 0.25) is 5.91 Å². The molecule has 2 saturated heterocycles. The highest BCUT2D eigenvalue weighted by atomic mass is 16.5. The van der Waals surface area contributed by atoms with Crippen LogP contribution in [0.3, 0.4) is 0 Å². The van der Waals surface area contributed by atoms with Crippen molar-refractivity contribution in [2.24, 2.45) is 0 Å². The number of piperidine rings is 1. The van der Waals surface area contributed by atoms with E-state index in [1.165, 1.54) is 0 Å². The molecule has 1 atom stereocenters. The molecule has 2 fully saturated rings. The number of likely N-dealkylation sites (tertiary alicyclic amines) is 1. The van der Waals surface area contributed by atoms with E-state index in [1.54, 1.807) is 44.2 Å². The van der Waals surface area contributed by atoms with Crippen molar-refractivity contribution in [1.29, 1.82) is 0 Å². The van der Waals surface area contributed by atoms with E-state index in [4.69, 9.17) is 14.2 Å². The number of carbonyl (C=O) groups excluding carboxylic acids is 2. The molecule has 7 heteroatoms. The van der Waals surface area contributed by atoms with Gasteiger partial charge in [-0.05, 0) is 37.5 Å². The Balaban J connectivity index is 1.69. The third-order valence-corrected chi connectivity index (χ3v) is 5.70. The second kappa shape index (κ2) is 9.96. The van der Waals surface area contributed by atoms with E-state index in [0.29, 0.717) is 36.7 Å². The lowest BCUT2D eigenvalue weighted by Crippen LogP contribution is -2.41. The fourth-order valence-electron chi connectivity index (χ4n) is 3.92. The second-order valence-corrected chi connectivity index (χ2v) is 7.86. The van der Waals surface area contributed by atoms with Gasteiger partial charge in [0, 0.05) is 53.1 Å². The van der Waals surface area contributed by atoms with Crippen LogP contribution in [0.4, 0.5) is 0 Å². The zero-order chi connectivity index (χ0) is 20.8. The molecule has 0 N–H and O–H groups in total. The molecule has 0 radical (unpaired) electrons. The number of hydrogen-bond acceptors (Lipinski definition) is 5. The summed E-state index contributed by atoms with van der Waals surface area (Å²) < 4.78 is 17.3. The lowest BCUT2D eigenvalue weighted by atomic mass is 10.1. The van der Waals surface area contributed by atoms with Gasteiger partial charge in [-0.25, -0.2) is 0 Å². The number of rotatable bonds is 6. The van der Waals surface area contributed by atoms with Crippen LogP contribution in [-0.2, 0) is 9.53 Å². The Morgan fingerprint density at radius 3 is 2.59 bits per heavy atom. The van der Waals surface area contributed by atoms with Crippen LogP contribution in [0.25, 0.3) is 0 Å². The summed E-state index contributed by atoms with van der Waals surface area (Å²) in [5.41, 5.74) is 0.497. The summed E-state index contributed by atoms with van der Waals surface area (Å²) in [6.07, 6.45) is 4.79. The standard InChI is InChI=1S/C22H32N2O5/c1-16(25)24-11-9-17(10-12-24)29-21-8-7-18(27-3)14-20(21)22(26)23(2)15-19-6-4-5-13-28-19/h7-8,14,17,19H,4-6,9-13,15H2,1-3H3. The van der Waals surface area contributed by atoms with Crippen LogP contribution >= 0.6 is 0 Å². The molecule has 2 amide bonds. The highest BCUT2D eigenvalue weighted by Crippen LogP contribution is 2.28. The number of ether oxygens (including phenoxy) is 3. The van der Waals surface area contributed by atoms with Crippen molar-refractivity contribution in [2.75, 3.05) is 40.4 Å². The van der Waals surface area contributed by atoms with Gasteiger partial charge in [0.05, 0.1) is 18.8 Å². The number of benzene rings is 1. The van der Waals surface area contributed by atoms with Gasteiger partial charge in [0.25, 0.3) is 5.91 Å². The average molecular weight is 405 g/mol. The first-order valence-corrected chi connectivity index (χ1v) is 10.4. The maximum Gasteiger partial charge on any atom is 0.257 e. The molecular formula is C22H32N2O5. The SMILES string of the molecule is COc1ccc(OC2CCN(C(C)=O)CC2)c(C(=O)N(C)CC2CCCCO2)c1. The number of amides is 2. The first-order chi connectivity index (χ1) is 14.0. The minimum Gasteiger partial charge on any atom is -0.497 e. The summed E-state index contributed by atoms with van der Waals surface area (Å²) in [7, 11) is 3.39. The fraction of sp³-hybridized carbons (Fsp3) is 0.636. The number of hydrogen-bond donors (Lipinski definition) is 0. The molecule has 0 aliphatic carbocycles. The molecule has 0 spiro atoms. The van der Waals surface area contributed by atoms with Crippen LogP contribution in [0.5, 0.6) is 11.5 Å². The quantitative estimate of drug-likeness (QED) is 0.729. The average Bonchev–Trinajstić information content (AvgIpc) is 2.74. The van der Waals surface area contributed by atoms with Crippen molar-refractivity contribution in [2.45, 2.75) is 51.2 Å². The molecule has 1 unspecified atom stereocenters. The van der Waals surface area contributed by atoms with E-state index in [9.17, 15) is 9.59 Å². The fourth-order valence-corrected chi connectivity index (χ4v) is 3.92. The number of carbonyl (C=O) groups is 2. The molecule has 0 saturated carbocycles. The summed E-state index contributed by atoms with van der Waals surface area (Å²) in [4.78, 5) is 28.2. The third-order valence-electron chi connectivity index (χ3n) is 5.70. The predicted molar refractivity (Wildman–Crippen MR) is 109 cm³/mol. The minimum atomic E-state index is -0.103. The highest BCUT2D eigenvalue weighted by molar-refractivity contribution is 5.97. The van der Waals surface area contributed by atoms with Crippen molar-refractivity contribution in [3.05, 3.63) is 23.8 Å². The summed E-state index contributed by atoms with van der Waals surface area (Å²) in [5, 5.41) is 0. The maximum atomic E-state index is 13.2. The molecule has 2 aliphatic rings. The molecular weight excluding hydrogens is 372 g/mol. The van der Waals surface area contributed by atoms with E-state index in [2.05, 4.69) is 0 Å². The minimum absolute atomic E-state index is 0.0162. The van der Waals surface area contributed by atoms with Gasteiger partial charge in [-0.2, -0.15) is 0 Å². The molecule has 2 heterocycles. The van der Waals surface area contributed by atoms with Crippen LogP contribution in [0, 0.1) is 0 Å². The van der Waals surface area contributed by atoms with Crippen molar-refractivity contribution in [3.8, 4) is 11.5 Å². The Hall–Kier alpha value is -2.28. The predicted octanol–water partition coefficient (Wildman–Crippen LogP) is 2.73. The van der Waals surface area contributed by atoms with E-state index in [1.807, 2.05) is 4.90 Å². The topological polar surface area (TPSA) is 68.3 Å². The molecule has 29 heavy (non-hydrogen) atoms. The van der Waals surface area contributed by atoms with Gasteiger partial charge in [-0.15, -0.1) is 0 Å². The van der Waals surface area contributed by atoms with Crippen LogP contribution in [0.2, 0.25) is 0 Å². The number of methoxy groups -OCH3 is 1. The van der Waals surface area contributed by atoms with Crippen LogP contribution in [0.15, 0.2) is 18.2 Å². The van der Waals surface area contributed by atoms with E-state index >= 15 is 0 Å². The Labute approximate surface area is 172 Å². The molecule has 1 aromatic rings. The summed E-state index contributed by atoms with van der Waals surface area (Å²) in [6.45, 7) is 4.27. The highest BCUT2D eigenvalue weighted by Gasteiger charge is 2.26. The normalized spacial score (nSPS) is 20.2. The maximum absolute atomic E-state index is 13.2. The van der Waals surface area contributed by atoms with Crippen molar-refractivity contribution in [1.82, 2.24) is 9.80 Å². The molecule has 0 aromatic heterocycles. The largest absolute Gasteiger partial charge is 0.497 e. The lowest BCUT2D eigenvalue weighted by Gasteiger charge is -2.32. The van der Waals surface area contributed by atoms with E-state index in [-0.39, 0.29) is 24.0 Å². The van der Waals surface area contributed by atoms with Gasteiger partial charge >= 0.3 is 0 Å². The third kappa shape index (κ3) is 5.63. The molecule has 3 rings (SSSR count). The monoisotopic (exact) mass is 404 g/mol. The van der Waals surface area contributed by atoms with Crippen molar-refractivity contribution in [3.63, 3.8) is 0 Å². The van der Waals surface area contributed by atoms with E-state index in [0.717, 1.165) is 38.7 Å². The molecule has 0 bridgehead atoms. The first kappa shape index (κ1) is 21.4. The lowest BCUT2D eigenvalue weighted by molar-refractivity contribution is -0.130. The summed E-state index contributed by atoms with van der Waals surface area (Å²) in [6, 6.07) is 5.34. The number of likely N-dealkylation sites (N-methyl/N-ethyl adjacent to an activating group) is 1. The van der Waals surface area contributed by atoms with Crippen molar-refractivity contribution < 1.29 is 23.8 Å². The zero-order valence-corrected chi connectivity index (χ0v) is 17.7. The molecule has 7 nitrogen and oxygen atoms in total. The Kier molecular flexibility index (Phi) is 7.36. The summed E-state index contributed by atoms with van der Waals surface area (Å²) in [5.74, 6) is 1.17. The van der Waals surface area contributed by atoms with Gasteiger partial charge in [-0.3, -0.25) is 9.59 Å². The van der Waals surface area contributed by atoms with Crippen molar-refractivity contribution >= 4 is 11.8 Å². The Morgan fingerprint density at radius 2 is 1.97 bits per heavy atom. The Morgan fingerprint density at radius 1 is 1.21 bits per heavy atom. The first-order valence-electron chi connectivity index (χ1n) is 10.4. The Bertz CT molecular complexity index is 709. The van der Waals surface area contributed by atoms with Gasteiger partial charge in [0.1, 0.15) is 17.6 Å². The molecule has 2 aliphatic heterocycles. The number of nitrogens with zero attached hydrogens (tertiary/aromatic N) is 2. The van der Waals surface area contributed by atoms with Gasteiger partial charge in [-0.1, -0.05) is 0 Å². The van der Waals surface area contributed by atoms with Gasteiger partial charge in [0.15, 0.2) is 0 Å². The van der Waals surface area contributed by atoms with Crippen LogP contribution in [0.1, 0.15) is 49.4 Å². The molecule has 160 valence electrons. The zero-order valence-electron chi connectivity index (χ0n) is 17.7. The smallest absolute Gasteiger partial charge is 0.257 e. The van der Waals surface area contributed by atoms with Gasteiger partial charge < -0.3 is 24.0 Å². The molecule has 1 aromatic carbocycles. The van der Waals surface area contributed by atoms with Crippen LogP contribution < -0.4 is 9.47 Å². The second-order valence-electron chi connectivity index (χ2n) is 7.86.